The number of aromatic nitrogens is 2. The number of aromatic amines is 1. The zero-order valence-electron chi connectivity index (χ0n) is 11.4. The molecule has 1 heterocycles. The van der Waals surface area contributed by atoms with Crippen molar-refractivity contribution in [1.82, 2.24) is 9.97 Å². The summed E-state index contributed by atoms with van der Waals surface area (Å²) in [7, 11) is 3.44. The topological polar surface area (TPSA) is 49.0 Å². The third-order valence-electron chi connectivity index (χ3n) is 3.05. The van der Waals surface area contributed by atoms with Gasteiger partial charge in [-0.1, -0.05) is 13.0 Å². The van der Waals surface area contributed by atoms with Gasteiger partial charge in [0.25, 0.3) is 5.56 Å². The number of benzene rings is 1. The molecule has 4 nitrogen and oxygen atoms in total. The van der Waals surface area contributed by atoms with Crippen molar-refractivity contribution in [3.63, 3.8) is 0 Å². The molecule has 1 aromatic carbocycles. The predicted octanol–water partition coefficient (Wildman–Crippen LogP) is 2.27. The third-order valence-corrected chi connectivity index (χ3v) is 3.05. The Morgan fingerprint density at radius 3 is 2.40 bits per heavy atom. The zero-order valence-corrected chi connectivity index (χ0v) is 11.4. The van der Waals surface area contributed by atoms with Crippen molar-refractivity contribution in [3.05, 3.63) is 57.5 Å². The van der Waals surface area contributed by atoms with Crippen LogP contribution < -0.4 is 10.5 Å². The van der Waals surface area contributed by atoms with Crippen molar-refractivity contribution >= 4 is 5.95 Å². The smallest absolute Gasteiger partial charge is 0.252 e. The number of nitrogens with zero attached hydrogens (tertiary/aromatic N) is 2. The van der Waals surface area contributed by atoms with Gasteiger partial charge in [0.15, 0.2) is 0 Å². The summed E-state index contributed by atoms with van der Waals surface area (Å²) in [6, 6.07) is 4.94. The molecule has 0 saturated heterocycles. The Bertz CT molecular complexity index is 662. The van der Waals surface area contributed by atoms with E-state index in [0.717, 1.165) is 0 Å². The van der Waals surface area contributed by atoms with E-state index in [4.69, 9.17) is 0 Å². The van der Waals surface area contributed by atoms with Crippen molar-refractivity contribution in [3.8, 4) is 0 Å². The van der Waals surface area contributed by atoms with Crippen molar-refractivity contribution in [2.75, 3.05) is 19.0 Å². The number of H-pyrrole nitrogens is 1. The van der Waals surface area contributed by atoms with Gasteiger partial charge in [-0.05, 0) is 12.1 Å². The lowest BCUT2D eigenvalue weighted by Gasteiger charge is -2.16. The lowest BCUT2D eigenvalue weighted by molar-refractivity contribution is 0.545. The first-order valence-electron chi connectivity index (χ1n) is 6.12. The van der Waals surface area contributed by atoms with Gasteiger partial charge >= 0.3 is 0 Å². The van der Waals surface area contributed by atoms with Crippen molar-refractivity contribution < 1.29 is 8.78 Å². The van der Waals surface area contributed by atoms with E-state index in [1.165, 1.54) is 24.3 Å². The van der Waals surface area contributed by atoms with Crippen LogP contribution in [0.2, 0.25) is 0 Å². The van der Waals surface area contributed by atoms with Gasteiger partial charge in [-0.2, -0.15) is 0 Å². The standard InChI is InChI=1S/C14H15F2N3O/c1-8(13-9(15)5-4-6-10(13)16)11-7-12(20)18-14(17-11)19(2)3/h4-8H,1-3H3,(H,17,18,20). The van der Waals surface area contributed by atoms with E-state index in [9.17, 15) is 13.6 Å². The number of anilines is 1. The molecule has 1 aromatic heterocycles. The first-order valence-corrected chi connectivity index (χ1v) is 6.12. The van der Waals surface area contributed by atoms with Crippen LogP contribution in [0.5, 0.6) is 0 Å². The summed E-state index contributed by atoms with van der Waals surface area (Å²) in [6.45, 7) is 1.61. The molecule has 1 unspecified atom stereocenters. The van der Waals surface area contributed by atoms with E-state index in [1.54, 1.807) is 25.9 Å². The van der Waals surface area contributed by atoms with Crippen molar-refractivity contribution in [2.45, 2.75) is 12.8 Å². The average Bonchev–Trinajstić information content (AvgIpc) is 2.37. The maximum Gasteiger partial charge on any atom is 0.252 e. The van der Waals surface area contributed by atoms with Crippen molar-refractivity contribution in [2.24, 2.45) is 0 Å². The molecule has 0 fully saturated rings. The van der Waals surface area contributed by atoms with Crippen LogP contribution in [-0.4, -0.2) is 24.1 Å². The summed E-state index contributed by atoms with van der Waals surface area (Å²) in [6.07, 6.45) is 0. The summed E-state index contributed by atoms with van der Waals surface area (Å²) in [5.41, 5.74) is -0.126. The summed E-state index contributed by atoms with van der Waals surface area (Å²) in [4.78, 5) is 20.0. The fourth-order valence-corrected chi connectivity index (χ4v) is 1.97. The van der Waals surface area contributed by atoms with E-state index in [0.29, 0.717) is 11.6 Å². The second kappa shape index (κ2) is 5.40. The molecule has 0 radical (unpaired) electrons. The second-order valence-electron chi connectivity index (χ2n) is 4.75. The minimum atomic E-state index is -0.655. The van der Waals surface area contributed by atoms with Crippen LogP contribution in [0.25, 0.3) is 0 Å². The summed E-state index contributed by atoms with van der Waals surface area (Å²) >= 11 is 0. The van der Waals surface area contributed by atoms with Crippen LogP contribution >= 0.6 is 0 Å². The largest absolute Gasteiger partial charge is 0.348 e. The molecule has 6 heteroatoms. The van der Waals surface area contributed by atoms with E-state index < -0.39 is 17.6 Å². The third kappa shape index (κ3) is 2.68. The highest BCUT2D eigenvalue weighted by Gasteiger charge is 2.20. The predicted molar refractivity (Wildman–Crippen MR) is 73.1 cm³/mol. The Labute approximate surface area is 115 Å². The Balaban J connectivity index is 2.54. The van der Waals surface area contributed by atoms with Crippen LogP contribution in [0.1, 0.15) is 24.1 Å². The molecule has 0 saturated carbocycles. The SMILES string of the molecule is CC(c1cc(=O)[nH]c(N(C)C)n1)c1c(F)cccc1F. The Morgan fingerprint density at radius 1 is 1.25 bits per heavy atom. The molecule has 1 atom stereocenters. The van der Waals surface area contributed by atoms with Gasteiger partial charge in [0.2, 0.25) is 5.95 Å². The van der Waals surface area contributed by atoms with Gasteiger partial charge in [0.05, 0.1) is 5.69 Å². The quantitative estimate of drug-likeness (QED) is 0.937. The molecule has 2 aromatic rings. The minimum Gasteiger partial charge on any atom is -0.348 e. The lowest BCUT2D eigenvalue weighted by Crippen LogP contribution is -2.20. The van der Waals surface area contributed by atoms with Gasteiger partial charge < -0.3 is 4.90 Å². The Morgan fingerprint density at radius 2 is 1.85 bits per heavy atom. The van der Waals surface area contributed by atoms with E-state index in [-0.39, 0.29) is 11.1 Å². The molecular formula is C14H15F2N3O. The normalized spacial score (nSPS) is 12.2. The molecule has 0 amide bonds. The number of hydrogen-bond acceptors (Lipinski definition) is 3. The zero-order chi connectivity index (χ0) is 14.9. The van der Waals surface area contributed by atoms with Crippen molar-refractivity contribution in [1.29, 1.82) is 0 Å². The molecule has 0 bridgehead atoms. The van der Waals surface area contributed by atoms with E-state index in [1.807, 2.05) is 0 Å². The first-order chi connectivity index (χ1) is 9.40. The molecule has 1 N–H and O–H groups in total. The average molecular weight is 279 g/mol. The number of rotatable bonds is 3. The highest BCUT2D eigenvalue weighted by Crippen LogP contribution is 2.27. The lowest BCUT2D eigenvalue weighted by atomic mass is 9.96. The number of nitrogens with one attached hydrogen (secondary N) is 1. The molecule has 0 aliphatic rings. The minimum absolute atomic E-state index is 0.0877. The highest BCUT2D eigenvalue weighted by atomic mass is 19.1. The molecule has 106 valence electrons. The maximum absolute atomic E-state index is 13.8. The molecule has 20 heavy (non-hydrogen) atoms. The van der Waals surface area contributed by atoms with Gasteiger partial charge in [-0.3, -0.25) is 9.78 Å². The Kier molecular flexibility index (Phi) is 3.83. The molecule has 0 aliphatic carbocycles. The van der Waals surface area contributed by atoms with Gasteiger partial charge in [0, 0.05) is 31.6 Å². The van der Waals surface area contributed by atoms with Crippen LogP contribution in [-0.2, 0) is 0 Å². The van der Waals surface area contributed by atoms with E-state index >= 15 is 0 Å². The maximum atomic E-state index is 13.8. The first kappa shape index (κ1) is 14.2. The van der Waals surface area contributed by atoms with E-state index in [2.05, 4.69) is 9.97 Å². The van der Waals surface area contributed by atoms with Gasteiger partial charge in [-0.15, -0.1) is 0 Å². The second-order valence-corrected chi connectivity index (χ2v) is 4.75. The number of halogens is 2. The number of hydrogen-bond donors (Lipinski definition) is 1. The highest BCUT2D eigenvalue weighted by molar-refractivity contribution is 5.34. The molecule has 0 aliphatic heterocycles. The fraction of sp³-hybridized carbons (Fsp3) is 0.286. The molecule has 0 spiro atoms. The van der Waals surface area contributed by atoms with Crippen LogP contribution in [0, 0.1) is 11.6 Å². The Hall–Kier alpha value is -2.24. The molecular weight excluding hydrogens is 264 g/mol. The summed E-state index contributed by atoms with van der Waals surface area (Å²) < 4.78 is 27.6. The van der Waals surface area contributed by atoms with Gasteiger partial charge in [-0.25, -0.2) is 13.8 Å². The van der Waals surface area contributed by atoms with Crippen LogP contribution in [0.4, 0.5) is 14.7 Å². The van der Waals surface area contributed by atoms with Crippen LogP contribution in [0.15, 0.2) is 29.1 Å². The monoisotopic (exact) mass is 279 g/mol. The molecule has 2 rings (SSSR count). The summed E-state index contributed by atoms with van der Waals surface area (Å²) in [5, 5.41) is 0. The fourth-order valence-electron chi connectivity index (χ4n) is 1.97. The van der Waals surface area contributed by atoms with Crippen LogP contribution in [0.3, 0.4) is 0 Å². The van der Waals surface area contributed by atoms with Gasteiger partial charge in [0.1, 0.15) is 11.6 Å². The summed E-state index contributed by atoms with van der Waals surface area (Å²) in [5.74, 6) is -1.61.